The highest BCUT2D eigenvalue weighted by atomic mass is 19.4. The summed E-state index contributed by atoms with van der Waals surface area (Å²) in [4.78, 5) is 4.21. The molecule has 0 atom stereocenters. The number of halogens is 3. The Kier molecular flexibility index (Phi) is 5.33. The fourth-order valence-corrected chi connectivity index (χ4v) is 3.01. The molecule has 1 heterocycles. The first kappa shape index (κ1) is 20.0. The molecule has 3 aromatic rings. The van der Waals surface area contributed by atoms with Gasteiger partial charge in [0.15, 0.2) is 0 Å². The van der Waals surface area contributed by atoms with Crippen LogP contribution in [0.4, 0.5) is 19.0 Å². The van der Waals surface area contributed by atoms with Crippen LogP contribution in [-0.2, 0) is 6.18 Å². The van der Waals surface area contributed by atoms with Crippen LogP contribution in [0.1, 0.15) is 11.1 Å². The highest BCUT2D eigenvalue weighted by Crippen LogP contribution is 2.41. The Morgan fingerprint density at radius 3 is 2.31 bits per heavy atom. The summed E-state index contributed by atoms with van der Waals surface area (Å²) in [5, 5.41) is 9.50. The zero-order chi connectivity index (χ0) is 21.2. The van der Waals surface area contributed by atoms with Crippen LogP contribution in [0, 0.1) is 11.3 Å². The lowest BCUT2D eigenvalue weighted by Gasteiger charge is -2.16. The van der Waals surface area contributed by atoms with Crippen molar-refractivity contribution in [3.63, 3.8) is 0 Å². The van der Waals surface area contributed by atoms with Crippen molar-refractivity contribution in [1.82, 2.24) is 4.98 Å². The second kappa shape index (κ2) is 7.72. The Hall–Kier alpha value is -3.73. The van der Waals surface area contributed by atoms with Crippen LogP contribution in [0.2, 0.25) is 0 Å². The van der Waals surface area contributed by atoms with Gasteiger partial charge in [0.1, 0.15) is 28.9 Å². The van der Waals surface area contributed by atoms with E-state index in [1.54, 1.807) is 18.2 Å². The molecule has 3 rings (SSSR count). The first-order valence-corrected chi connectivity index (χ1v) is 8.39. The topological polar surface area (TPSA) is 81.2 Å². The summed E-state index contributed by atoms with van der Waals surface area (Å²) >= 11 is 0. The first-order chi connectivity index (χ1) is 13.8. The zero-order valence-corrected chi connectivity index (χ0v) is 15.5. The average molecular weight is 399 g/mol. The van der Waals surface area contributed by atoms with E-state index < -0.39 is 11.7 Å². The van der Waals surface area contributed by atoms with Gasteiger partial charge in [-0.25, -0.2) is 4.98 Å². The maximum absolute atomic E-state index is 13.5. The predicted octanol–water partition coefficient (Wildman–Crippen LogP) is 4.91. The number of anilines is 1. The number of ether oxygens (including phenoxy) is 2. The van der Waals surface area contributed by atoms with Crippen LogP contribution in [0.15, 0.2) is 48.5 Å². The molecule has 0 aliphatic rings. The molecule has 8 heteroatoms. The molecule has 0 fully saturated rings. The van der Waals surface area contributed by atoms with Gasteiger partial charge >= 0.3 is 6.18 Å². The van der Waals surface area contributed by atoms with Crippen molar-refractivity contribution >= 4 is 5.82 Å². The Bertz CT molecular complexity index is 1110. The van der Waals surface area contributed by atoms with Crippen LogP contribution >= 0.6 is 0 Å². The number of pyridine rings is 1. The molecule has 0 saturated heterocycles. The Labute approximate surface area is 165 Å². The van der Waals surface area contributed by atoms with E-state index in [4.69, 9.17) is 15.2 Å². The smallest absolute Gasteiger partial charge is 0.417 e. The molecule has 148 valence electrons. The number of nitrogen functional groups attached to an aromatic ring is 1. The van der Waals surface area contributed by atoms with Crippen LogP contribution in [0.3, 0.4) is 0 Å². The minimum Gasteiger partial charge on any atom is -0.497 e. The lowest BCUT2D eigenvalue weighted by atomic mass is 9.94. The van der Waals surface area contributed by atoms with Crippen molar-refractivity contribution in [2.75, 3.05) is 20.0 Å². The Morgan fingerprint density at radius 2 is 1.69 bits per heavy atom. The predicted molar refractivity (Wildman–Crippen MR) is 102 cm³/mol. The van der Waals surface area contributed by atoms with Crippen molar-refractivity contribution in [3.8, 4) is 40.0 Å². The molecule has 0 saturated carbocycles. The molecular weight excluding hydrogens is 383 g/mol. The molecule has 0 radical (unpaired) electrons. The summed E-state index contributed by atoms with van der Waals surface area (Å²) in [6.07, 6.45) is -4.60. The summed E-state index contributed by atoms with van der Waals surface area (Å²) in [7, 11) is 2.94. The lowest BCUT2D eigenvalue weighted by molar-refractivity contribution is -0.137. The lowest BCUT2D eigenvalue weighted by Crippen LogP contribution is -2.08. The van der Waals surface area contributed by atoms with E-state index in [-0.39, 0.29) is 28.2 Å². The van der Waals surface area contributed by atoms with Gasteiger partial charge in [-0.3, -0.25) is 0 Å². The standard InChI is InChI=1S/C21H16F3N3O2/c1-28-12-7-8-19(29-2)15(9-12)18-10-14(16(11-25)20(26)27-18)13-5-3-4-6-17(13)21(22,23)24/h3-10H,1-2H3,(H2,26,27). The van der Waals surface area contributed by atoms with Crippen molar-refractivity contribution in [1.29, 1.82) is 5.26 Å². The van der Waals surface area contributed by atoms with Crippen LogP contribution in [0.25, 0.3) is 22.4 Å². The van der Waals surface area contributed by atoms with Crippen molar-refractivity contribution in [3.05, 3.63) is 59.7 Å². The monoisotopic (exact) mass is 399 g/mol. The molecule has 29 heavy (non-hydrogen) atoms. The highest BCUT2D eigenvalue weighted by Gasteiger charge is 2.34. The van der Waals surface area contributed by atoms with E-state index in [9.17, 15) is 18.4 Å². The molecule has 2 N–H and O–H groups in total. The number of nitrogens with two attached hydrogens (primary N) is 1. The van der Waals surface area contributed by atoms with Crippen LogP contribution in [-0.4, -0.2) is 19.2 Å². The average Bonchev–Trinajstić information content (AvgIpc) is 2.72. The molecule has 0 aliphatic heterocycles. The summed E-state index contributed by atoms with van der Waals surface area (Å²) in [5.74, 6) is 0.752. The van der Waals surface area contributed by atoms with Gasteiger partial charge in [-0.2, -0.15) is 18.4 Å². The molecule has 0 amide bonds. The maximum Gasteiger partial charge on any atom is 0.417 e. The Balaban J connectivity index is 2.33. The minimum atomic E-state index is -4.60. The fourth-order valence-electron chi connectivity index (χ4n) is 3.01. The van der Waals surface area contributed by atoms with E-state index in [0.29, 0.717) is 17.1 Å². The number of nitrogens with zero attached hydrogens (tertiary/aromatic N) is 2. The number of hydrogen-bond acceptors (Lipinski definition) is 5. The number of nitriles is 1. The summed E-state index contributed by atoms with van der Waals surface area (Å²) in [6.45, 7) is 0. The molecular formula is C21H16F3N3O2. The van der Waals surface area contributed by atoms with Gasteiger partial charge in [0, 0.05) is 11.1 Å². The molecule has 0 aliphatic carbocycles. The van der Waals surface area contributed by atoms with Gasteiger partial charge in [-0.15, -0.1) is 0 Å². The number of rotatable bonds is 4. The van der Waals surface area contributed by atoms with E-state index in [1.165, 1.54) is 38.5 Å². The summed E-state index contributed by atoms with van der Waals surface area (Å²) in [5.41, 5.74) is 5.54. The Morgan fingerprint density at radius 1 is 0.966 bits per heavy atom. The van der Waals surface area contributed by atoms with Gasteiger partial charge in [-0.1, -0.05) is 18.2 Å². The highest BCUT2D eigenvalue weighted by molar-refractivity contribution is 5.83. The van der Waals surface area contributed by atoms with Crippen molar-refractivity contribution < 1.29 is 22.6 Å². The van der Waals surface area contributed by atoms with E-state index >= 15 is 0 Å². The van der Waals surface area contributed by atoms with Gasteiger partial charge in [0.2, 0.25) is 0 Å². The second-order valence-electron chi connectivity index (χ2n) is 6.04. The molecule has 0 unspecified atom stereocenters. The molecule has 0 spiro atoms. The number of benzene rings is 2. The molecule has 0 bridgehead atoms. The fraction of sp³-hybridized carbons (Fsp3) is 0.143. The number of methoxy groups -OCH3 is 2. The quantitative estimate of drug-likeness (QED) is 0.675. The number of aromatic nitrogens is 1. The van der Waals surface area contributed by atoms with Crippen molar-refractivity contribution in [2.24, 2.45) is 0 Å². The van der Waals surface area contributed by atoms with Crippen LogP contribution < -0.4 is 15.2 Å². The van der Waals surface area contributed by atoms with Gasteiger partial charge in [-0.05, 0) is 35.9 Å². The second-order valence-corrected chi connectivity index (χ2v) is 6.04. The largest absolute Gasteiger partial charge is 0.497 e. The van der Waals surface area contributed by atoms with E-state index in [2.05, 4.69) is 4.98 Å². The third-order valence-electron chi connectivity index (χ3n) is 4.36. The molecule has 2 aromatic carbocycles. The van der Waals surface area contributed by atoms with Gasteiger partial charge in [0.25, 0.3) is 0 Å². The van der Waals surface area contributed by atoms with Crippen molar-refractivity contribution in [2.45, 2.75) is 6.18 Å². The van der Waals surface area contributed by atoms with E-state index in [0.717, 1.165) is 6.07 Å². The summed E-state index contributed by atoms with van der Waals surface area (Å²) in [6, 6.07) is 13.2. The number of alkyl halides is 3. The molecule has 5 nitrogen and oxygen atoms in total. The zero-order valence-electron chi connectivity index (χ0n) is 15.5. The SMILES string of the molecule is COc1ccc(OC)c(-c2cc(-c3ccccc3C(F)(F)F)c(C#N)c(N)n2)c1. The van der Waals surface area contributed by atoms with Gasteiger partial charge in [0.05, 0.1) is 25.5 Å². The third kappa shape index (κ3) is 3.80. The van der Waals surface area contributed by atoms with E-state index in [1.807, 2.05) is 6.07 Å². The maximum atomic E-state index is 13.5. The van der Waals surface area contributed by atoms with Crippen LogP contribution in [0.5, 0.6) is 11.5 Å². The third-order valence-corrected chi connectivity index (χ3v) is 4.36. The number of hydrogen-bond donors (Lipinski definition) is 1. The normalized spacial score (nSPS) is 11.0. The molecule has 1 aromatic heterocycles. The summed E-state index contributed by atoms with van der Waals surface area (Å²) < 4.78 is 51.2. The minimum absolute atomic E-state index is 0.0350. The van der Waals surface area contributed by atoms with Gasteiger partial charge < -0.3 is 15.2 Å². The first-order valence-electron chi connectivity index (χ1n) is 8.39.